The first-order chi connectivity index (χ1) is 16.4. The Morgan fingerprint density at radius 1 is 1.11 bits per heavy atom. The number of carbonyl (C=O) groups is 1. The number of hydrogen-bond donors (Lipinski definition) is 2. The molecular weight excluding hydrogens is 534 g/mol. The van der Waals surface area contributed by atoms with Crippen LogP contribution in [0, 0.1) is 13.8 Å². The van der Waals surface area contributed by atoms with Crippen LogP contribution in [0.4, 0.5) is 11.6 Å². The fraction of sp³-hybridized carbons (Fsp3) is 0.360. The third kappa shape index (κ3) is 7.08. The van der Waals surface area contributed by atoms with Gasteiger partial charge in [-0.05, 0) is 83.6 Å². The molecule has 0 aliphatic carbocycles. The smallest absolute Gasteiger partial charge is 0.264 e. The SMILES string of the molecule is Cc1noc(NS(=O)(=O)c2ccc(NC(=O)CCCOc3ccc(C(C)(C)C)cc3Br)cc2)c1C. The summed E-state index contributed by atoms with van der Waals surface area (Å²) in [7, 11) is -3.84. The fourth-order valence-electron chi connectivity index (χ4n) is 3.13. The Kier molecular flexibility index (Phi) is 8.27. The molecule has 188 valence electrons. The second kappa shape index (κ2) is 10.8. The summed E-state index contributed by atoms with van der Waals surface area (Å²) in [6, 6.07) is 11.9. The summed E-state index contributed by atoms with van der Waals surface area (Å²) in [5.41, 5.74) is 2.98. The van der Waals surface area contributed by atoms with Crippen molar-refractivity contribution in [3.63, 3.8) is 0 Å². The average molecular weight is 565 g/mol. The number of rotatable bonds is 9. The zero-order chi connectivity index (χ0) is 25.8. The first-order valence-corrected chi connectivity index (χ1v) is 13.4. The van der Waals surface area contributed by atoms with Crippen molar-refractivity contribution in [2.24, 2.45) is 0 Å². The number of ether oxygens (including phenoxy) is 1. The van der Waals surface area contributed by atoms with E-state index in [1.165, 1.54) is 29.8 Å². The summed E-state index contributed by atoms with van der Waals surface area (Å²) in [4.78, 5) is 12.3. The maximum atomic E-state index is 12.6. The van der Waals surface area contributed by atoms with Crippen LogP contribution in [-0.2, 0) is 20.2 Å². The number of aryl methyl sites for hydroxylation is 1. The fourth-order valence-corrected chi connectivity index (χ4v) is 4.67. The zero-order valence-corrected chi connectivity index (χ0v) is 22.8. The van der Waals surface area contributed by atoms with E-state index in [2.05, 4.69) is 58.0 Å². The predicted octanol–water partition coefficient (Wildman–Crippen LogP) is 5.95. The highest BCUT2D eigenvalue weighted by Crippen LogP contribution is 2.31. The minimum absolute atomic E-state index is 0.0420. The summed E-state index contributed by atoms with van der Waals surface area (Å²) in [6.07, 6.45) is 0.801. The Balaban J connectivity index is 1.48. The van der Waals surface area contributed by atoms with Crippen molar-refractivity contribution in [2.75, 3.05) is 16.6 Å². The van der Waals surface area contributed by atoms with Crippen molar-refractivity contribution in [3.05, 3.63) is 63.8 Å². The van der Waals surface area contributed by atoms with Crippen molar-refractivity contribution in [2.45, 2.75) is 57.8 Å². The van der Waals surface area contributed by atoms with Gasteiger partial charge in [-0.2, -0.15) is 0 Å². The van der Waals surface area contributed by atoms with Gasteiger partial charge in [0.2, 0.25) is 11.8 Å². The molecule has 2 aromatic carbocycles. The summed E-state index contributed by atoms with van der Waals surface area (Å²) in [5, 5.41) is 6.51. The normalized spacial score (nSPS) is 11.8. The first-order valence-electron chi connectivity index (χ1n) is 11.2. The molecule has 0 unspecified atom stereocenters. The van der Waals surface area contributed by atoms with Crippen LogP contribution in [0.25, 0.3) is 0 Å². The van der Waals surface area contributed by atoms with E-state index in [-0.39, 0.29) is 28.5 Å². The molecule has 1 heterocycles. The van der Waals surface area contributed by atoms with Crippen LogP contribution in [0.2, 0.25) is 0 Å². The van der Waals surface area contributed by atoms with Gasteiger partial charge in [-0.25, -0.2) is 13.1 Å². The molecule has 0 fully saturated rings. The third-order valence-electron chi connectivity index (χ3n) is 5.44. The molecule has 3 rings (SSSR count). The molecule has 0 radical (unpaired) electrons. The zero-order valence-electron chi connectivity index (χ0n) is 20.4. The molecule has 0 aliphatic heterocycles. The summed E-state index contributed by atoms with van der Waals surface area (Å²) < 4.78 is 39.2. The molecule has 0 saturated heterocycles. The second-order valence-electron chi connectivity index (χ2n) is 9.25. The number of aromatic nitrogens is 1. The highest BCUT2D eigenvalue weighted by Gasteiger charge is 2.19. The quantitative estimate of drug-likeness (QED) is 0.311. The van der Waals surface area contributed by atoms with Crippen molar-refractivity contribution in [1.29, 1.82) is 0 Å². The van der Waals surface area contributed by atoms with Crippen LogP contribution < -0.4 is 14.8 Å². The van der Waals surface area contributed by atoms with Gasteiger partial charge >= 0.3 is 0 Å². The van der Waals surface area contributed by atoms with Crippen molar-refractivity contribution in [3.8, 4) is 5.75 Å². The molecule has 0 saturated carbocycles. The molecule has 35 heavy (non-hydrogen) atoms. The van der Waals surface area contributed by atoms with Gasteiger partial charge in [-0.15, -0.1) is 0 Å². The lowest BCUT2D eigenvalue weighted by Crippen LogP contribution is -2.15. The molecule has 1 aromatic heterocycles. The maximum absolute atomic E-state index is 12.6. The number of hydrogen-bond acceptors (Lipinski definition) is 6. The summed E-state index contributed by atoms with van der Waals surface area (Å²) >= 11 is 3.55. The monoisotopic (exact) mass is 563 g/mol. The molecule has 0 atom stereocenters. The summed E-state index contributed by atoms with van der Waals surface area (Å²) in [5.74, 6) is 0.635. The highest BCUT2D eigenvalue weighted by molar-refractivity contribution is 9.10. The van der Waals surface area contributed by atoms with Gasteiger partial charge in [0.15, 0.2) is 0 Å². The number of carbonyl (C=O) groups excluding carboxylic acids is 1. The van der Waals surface area contributed by atoms with Crippen LogP contribution in [0.5, 0.6) is 5.75 Å². The van der Waals surface area contributed by atoms with Gasteiger partial charge < -0.3 is 14.6 Å². The average Bonchev–Trinajstić information content (AvgIpc) is 3.09. The molecule has 3 aromatic rings. The van der Waals surface area contributed by atoms with Crippen LogP contribution in [-0.4, -0.2) is 26.1 Å². The molecule has 10 heteroatoms. The van der Waals surface area contributed by atoms with E-state index in [0.717, 1.165) is 10.2 Å². The molecule has 1 amide bonds. The van der Waals surface area contributed by atoms with E-state index in [4.69, 9.17) is 9.26 Å². The summed E-state index contributed by atoms with van der Waals surface area (Å²) in [6.45, 7) is 10.3. The Hall–Kier alpha value is -2.85. The van der Waals surface area contributed by atoms with Crippen LogP contribution in [0.15, 0.2) is 56.4 Å². The largest absolute Gasteiger partial charge is 0.492 e. The second-order valence-corrected chi connectivity index (χ2v) is 11.8. The van der Waals surface area contributed by atoms with E-state index < -0.39 is 10.0 Å². The first kappa shape index (κ1) is 26.7. The number of anilines is 2. The van der Waals surface area contributed by atoms with E-state index in [1.54, 1.807) is 13.8 Å². The molecule has 0 aliphatic rings. The van der Waals surface area contributed by atoms with Gasteiger partial charge in [0.1, 0.15) is 5.75 Å². The lowest BCUT2D eigenvalue weighted by atomic mass is 9.87. The van der Waals surface area contributed by atoms with Crippen LogP contribution in [0.1, 0.15) is 50.4 Å². The van der Waals surface area contributed by atoms with E-state index in [1.807, 2.05) is 12.1 Å². The van der Waals surface area contributed by atoms with Gasteiger partial charge in [-0.1, -0.05) is 32.0 Å². The van der Waals surface area contributed by atoms with Crippen molar-refractivity contribution >= 4 is 43.4 Å². The van der Waals surface area contributed by atoms with E-state index in [0.29, 0.717) is 30.0 Å². The van der Waals surface area contributed by atoms with Crippen LogP contribution >= 0.6 is 15.9 Å². The molecule has 2 N–H and O–H groups in total. The minimum Gasteiger partial charge on any atom is -0.492 e. The van der Waals surface area contributed by atoms with E-state index in [9.17, 15) is 13.2 Å². The van der Waals surface area contributed by atoms with Gasteiger partial charge in [0.25, 0.3) is 10.0 Å². The van der Waals surface area contributed by atoms with Crippen LogP contribution in [0.3, 0.4) is 0 Å². The molecule has 8 nitrogen and oxygen atoms in total. The van der Waals surface area contributed by atoms with Crippen molar-refractivity contribution in [1.82, 2.24) is 5.16 Å². The molecule has 0 bridgehead atoms. The Morgan fingerprint density at radius 2 is 1.80 bits per heavy atom. The lowest BCUT2D eigenvalue weighted by Gasteiger charge is -2.20. The Labute approximate surface area is 214 Å². The topological polar surface area (TPSA) is 111 Å². The van der Waals surface area contributed by atoms with Gasteiger partial charge in [-0.3, -0.25) is 4.79 Å². The number of nitrogens with zero attached hydrogens (tertiary/aromatic N) is 1. The molecular formula is C25H30BrN3O5S. The number of sulfonamides is 1. The molecule has 0 spiro atoms. The number of amides is 1. The number of benzene rings is 2. The van der Waals surface area contributed by atoms with Gasteiger partial charge in [0.05, 0.1) is 21.7 Å². The number of halogens is 1. The minimum atomic E-state index is -3.84. The Bertz CT molecular complexity index is 1300. The van der Waals surface area contributed by atoms with E-state index >= 15 is 0 Å². The Morgan fingerprint density at radius 3 is 2.37 bits per heavy atom. The van der Waals surface area contributed by atoms with Gasteiger partial charge in [0, 0.05) is 17.7 Å². The number of nitrogens with one attached hydrogen (secondary N) is 2. The third-order valence-corrected chi connectivity index (χ3v) is 7.40. The standard InChI is InChI=1S/C25H30BrN3O5S/c1-16-17(2)28-34-24(16)29-35(31,32)20-11-9-19(10-12-20)27-23(30)7-6-14-33-22-13-8-18(15-21(22)26)25(3,4)5/h8-13,15,29H,6-7,14H2,1-5H3,(H,27,30). The highest BCUT2D eigenvalue weighted by atomic mass is 79.9. The van der Waals surface area contributed by atoms with Crippen molar-refractivity contribution < 1.29 is 22.5 Å². The lowest BCUT2D eigenvalue weighted by molar-refractivity contribution is -0.116. The predicted molar refractivity (Wildman–Crippen MR) is 139 cm³/mol. The maximum Gasteiger partial charge on any atom is 0.264 e.